The third kappa shape index (κ3) is 6.05. The van der Waals surface area contributed by atoms with Gasteiger partial charge in [0.25, 0.3) is 5.91 Å². The van der Waals surface area contributed by atoms with Crippen molar-refractivity contribution < 1.29 is 19.1 Å². The normalized spacial score (nSPS) is 11.1. The lowest BCUT2D eigenvalue weighted by atomic mass is 10.2. The number of benzene rings is 1. The van der Waals surface area contributed by atoms with E-state index < -0.39 is 23.8 Å². The van der Waals surface area contributed by atoms with Crippen LogP contribution >= 0.6 is 0 Å². The number of hydrogen-bond acceptors (Lipinski definition) is 5. The minimum absolute atomic E-state index is 0.192. The number of amides is 3. The second-order valence-corrected chi connectivity index (χ2v) is 4.97. The van der Waals surface area contributed by atoms with E-state index in [2.05, 4.69) is 10.7 Å². The lowest BCUT2D eigenvalue weighted by Crippen LogP contribution is -2.52. The van der Waals surface area contributed by atoms with Gasteiger partial charge in [-0.15, -0.1) is 0 Å². The van der Waals surface area contributed by atoms with E-state index in [1.54, 1.807) is 38.1 Å². The largest absolute Gasteiger partial charge is 0.481 e. The molecule has 0 saturated carbocycles. The second kappa shape index (κ2) is 8.38. The minimum Gasteiger partial charge on any atom is -0.481 e. The highest BCUT2D eigenvalue weighted by Gasteiger charge is 2.18. The Morgan fingerprint density at radius 2 is 1.65 bits per heavy atom. The molecule has 0 aliphatic carbocycles. The molecule has 0 spiro atoms. The third-order valence-electron chi connectivity index (χ3n) is 2.59. The maximum absolute atomic E-state index is 11.8. The molecule has 0 bridgehead atoms. The second-order valence-electron chi connectivity index (χ2n) is 4.97. The van der Waals surface area contributed by atoms with Gasteiger partial charge in [0.05, 0.1) is 11.6 Å². The zero-order valence-corrected chi connectivity index (χ0v) is 13.0. The number of carbonyl (C=O) groups excluding carboxylic acids is 3. The zero-order valence-electron chi connectivity index (χ0n) is 13.0. The minimum atomic E-state index is -0.974. The fourth-order valence-electron chi connectivity index (χ4n) is 1.47. The number of nitrogens with zero attached hydrogens (tertiary/aromatic N) is 1. The first-order valence-corrected chi connectivity index (χ1v) is 6.91. The van der Waals surface area contributed by atoms with E-state index in [-0.39, 0.29) is 6.04 Å². The highest BCUT2D eigenvalue weighted by Crippen LogP contribution is 2.13. The van der Waals surface area contributed by atoms with Gasteiger partial charge in [-0.25, -0.2) is 0 Å². The summed E-state index contributed by atoms with van der Waals surface area (Å²) in [5.41, 5.74) is 4.57. The summed E-state index contributed by atoms with van der Waals surface area (Å²) >= 11 is 0. The van der Waals surface area contributed by atoms with Crippen molar-refractivity contribution in [3.05, 3.63) is 29.8 Å². The molecular formula is C15H18N4O4. The van der Waals surface area contributed by atoms with Crippen LogP contribution in [0.15, 0.2) is 24.3 Å². The van der Waals surface area contributed by atoms with Crippen molar-refractivity contribution in [1.82, 2.24) is 16.2 Å². The summed E-state index contributed by atoms with van der Waals surface area (Å²) in [4.78, 5) is 34.6. The number of hydrogen-bond donors (Lipinski definition) is 3. The van der Waals surface area contributed by atoms with Crippen LogP contribution in [0, 0.1) is 11.3 Å². The molecule has 23 heavy (non-hydrogen) atoms. The van der Waals surface area contributed by atoms with Crippen molar-refractivity contribution in [2.24, 2.45) is 0 Å². The molecule has 0 radical (unpaired) electrons. The molecule has 0 aromatic heterocycles. The van der Waals surface area contributed by atoms with Gasteiger partial charge in [0.2, 0.25) is 0 Å². The van der Waals surface area contributed by atoms with Gasteiger partial charge in [-0.3, -0.25) is 25.2 Å². The van der Waals surface area contributed by atoms with Gasteiger partial charge in [-0.2, -0.15) is 5.26 Å². The summed E-state index contributed by atoms with van der Waals surface area (Å²) in [7, 11) is 0. The van der Waals surface area contributed by atoms with Crippen molar-refractivity contribution in [3.63, 3.8) is 0 Å². The molecular weight excluding hydrogens is 300 g/mol. The van der Waals surface area contributed by atoms with E-state index in [4.69, 9.17) is 10.00 Å². The zero-order chi connectivity index (χ0) is 17.4. The highest BCUT2D eigenvalue weighted by molar-refractivity contribution is 6.35. The standard InChI is InChI=1S/C15H18N4O4/c1-9(2)17-14(21)15(22)19-18-13(20)10(3)23-12-6-4-11(8-16)5-7-12/h4-7,9-10H,1-3H3,(H,17,21)(H,18,20)(H,19,22)/t10-/m1/s1. The van der Waals surface area contributed by atoms with E-state index in [1.807, 2.05) is 11.5 Å². The topological polar surface area (TPSA) is 120 Å². The van der Waals surface area contributed by atoms with Gasteiger partial charge >= 0.3 is 11.8 Å². The Bertz CT molecular complexity index is 619. The summed E-state index contributed by atoms with van der Waals surface area (Å²) in [6, 6.07) is 7.99. The van der Waals surface area contributed by atoms with Crippen LogP contribution in [0.1, 0.15) is 26.3 Å². The monoisotopic (exact) mass is 318 g/mol. The first kappa shape index (κ1) is 18.0. The van der Waals surface area contributed by atoms with Gasteiger partial charge in [0, 0.05) is 6.04 Å². The Hall–Kier alpha value is -3.08. The molecule has 8 heteroatoms. The molecule has 0 aliphatic rings. The number of rotatable bonds is 4. The Balaban J connectivity index is 2.46. The van der Waals surface area contributed by atoms with Crippen molar-refractivity contribution in [1.29, 1.82) is 5.26 Å². The lowest BCUT2D eigenvalue weighted by molar-refractivity contribution is -0.141. The number of nitriles is 1. The first-order valence-electron chi connectivity index (χ1n) is 6.91. The average Bonchev–Trinajstić information content (AvgIpc) is 2.52. The number of nitrogens with one attached hydrogen (secondary N) is 3. The Labute approximate surface area is 133 Å². The van der Waals surface area contributed by atoms with Crippen molar-refractivity contribution in [3.8, 4) is 11.8 Å². The number of carbonyl (C=O) groups is 3. The van der Waals surface area contributed by atoms with Gasteiger partial charge < -0.3 is 10.1 Å². The quantitative estimate of drug-likeness (QED) is 0.533. The van der Waals surface area contributed by atoms with Crippen LogP contribution in [0.25, 0.3) is 0 Å². The van der Waals surface area contributed by atoms with Crippen LogP contribution in [0.5, 0.6) is 5.75 Å². The molecule has 0 fully saturated rings. The van der Waals surface area contributed by atoms with Crippen LogP contribution < -0.4 is 20.9 Å². The molecule has 0 saturated heterocycles. The molecule has 0 aliphatic heterocycles. The molecule has 1 atom stereocenters. The SMILES string of the molecule is CC(C)NC(=O)C(=O)NNC(=O)[C@@H](C)Oc1ccc(C#N)cc1. The number of hydrazine groups is 1. The van der Waals surface area contributed by atoms with Gasteiger partial charge in [-0.1, -0.05) is 0 Å². The van der Waals surface area contributed by atoms with E-state index in [9.17, 15) is 14.4 Å². The van der Waals surface area contributed by atoms with Gasteiger partial charge in [-0.05, 0) is 45.0 Å². The molecule has 0 unspecified atom stereocenters. The van der Waals surface area contributed by atoms with Gasteiger partial charge in [0.1, 0.15) is 5.75 Å². The summed E-state index contributed by atoms with van der Waals surface area (Å²) in [5.74, 6) is -2.05. The lowest BCUT2D eigenvalue weighted by Gasteiger charge is -2.15. The predicted octanol–water partition coefficient (Wildman–Crippen LogP) is -0.00242. The van der Waals surface area contributed by atoms with Crippen molar-refractivity contribution in [2.45, 2.75) is 32.9 Å². The number of ether oxygens (including phenoxy) is 1. The molecule has 0 heterocycles. The first-order chi connectivity index (χ1) is 10.8. The molecule has 3 amide bonds. The van der Waals surface area contributed by atoms with Crippen molar-refractivity contribution in [2.75, 3.05) is 0 Å². The summed E-state index contributed by atoms with van der Waals surface area (Å²) in [6.07, 6.45) is -0.906. The highest BCUT2D eigenvalue weighted by atomic mass is 16.5. The maximum atomic E-state index is 11.8. The fraction of sp³-hybridized carbons (Fsp3) is 0.333. The third-order valence-corrected chi connectivity index (χ3v) is 2.59. The average molecular weight is 318 g/mol. The van der Waals surface area contributed by atoms with Crippen LogP contribution in [0.2, 0.25) is 0 Å². The fourth-order valence-corrected chi connectivity index (χ4v) is 1.47. The molecule has 122 valence electrons. The Kier molecular flexibility index (Phi) is 6.55. The van der Waals surface area contributed by atoms with E-state index in [0.29, 0.717) is 11.3 Å². The summed E-state index contributed by atoms with van der Waals surface area (Å²) in [6.45, 7) is 4.89. The predicted molar refractivity (Wildman–Crippen MR) is 80.8 cm³/mol. The smallest absolute Gasteiger partial charge is 0.327 e. The summed E-state index contributed by atoms with van der Waals surface area (Å²) < 4.78 is 5.36. The maximum Gasteiger partial charge on any atom is 0.327 e. The van der Waals surface area contributed by atoms with Crippen LogP contribution in [0.4, 0.5) is 0 Å². The molecule has 1 rings (SSSR count). The molecule has 8 nitrogen and oxygen atoms in total. The van der Waals surface area contributed by atoms with E-state index in [0.717, 1.165) is 0 Å². The molecule has 1 aromatic rings. The van der Waals surface area contributed by atoms with Crippen LogP contribution in [0.3, 0.4) is 0 Å². The van der Waals surface area contributed by atoms with Gasteiger partial charge in [0.15, 0.2) is 6.10 Å². The van der Waals surface area contributed by atoms with E-state index >= 15 is 0 Å². The molecule has 1 aromatic carbocycles. The van der Waals surface area contributed by atoms with Crippen LogP contribution in [-0.2, 0) is 14.4 Å². The van der Waals surface area contributed by atoms with Crippen molar-refractivity contribution >= 4 is 17.7 Å². The summed E-state index contributed by atoms with van der Waals surface area (Å²) in [5, 5.41) is 11.1. The Morgan fingerprint density at radius 1 is 1.04 bits per heavy atom. The molecule has 3 N–H and O–H groups in total. The van der Waals surface area contributed by atoms with E-state index in [1.165, 1.54) is 6.92 Å². The Morgan fingerprint density at radius 3 is 2.17 bits per heavy atom. The van der Waals surface area contributed by atoms with Crippen LogP contribution in [-0.4, -0.2) is 29.9 Å².